The Labute approximate surface area is 160 Å². The lowest BCUT2D eigenvalue weighted by atomic mass is 10.2. The lowest BCUT2D eigenvalue weighted by Gasteiger charge is -2.05. The van der Waals surface area contributed by atoms with Gasteiger partial charge < -0.3 is 9.73 Å². The van der Waals surface area contributed by atoms with Gasteiger partial charge in [0, 0.05) is 18.5 Å². The zero-order chi connectivity index (χ0) is 17.9. The van der Waals surface area contributed by atoms with Gasteiger partial charge in [-0.2, -0.15) is 5.10 Å². The minimum atomic E-state index is -0.133. The van der Waals surface area contributed by atoms with Crippen molar-refractivity contribution in [3.8, 4) is 0 Å². The molecule has 0 spiro atoms. The molecule has 132 valence electrons. The predicted molar refractivity (Wildman–Crippen MR) is 104 cm³/mol. The van der Waals surface area contributed by atoms with Crippen molar-refractivity contribution in [2.75, 3.05) is 6.54 Å². The van der Waals surface area contributed by atoms with E-state index in [-0.39, 0.29) is 11.8 Å². The van der Waals surface area contributed by atoms with E-state index >= 15 is 0 Å². The van der Waals surface area contributed by atoms with Crippen LogP contribution in [0.5, 0.6) is 0 Å². The minimum absolute atomic E-state index is 0.0692. The fourth-order valence-electron chi connectivity index (χ4n) is 2.10. The van der Waals surface area contributed by atoms with Crippen molar-refractivity contribution in [3.05, 3.63) is 57.6 Å². The van der Waals surface area contributed by atoms with Crippen LogP contribution in [0.1, 0.15) is 41.8 Å². The van der Waals surface area contributed by atoms with Crippen LogP contribution in [0.2, 0.25) is 0 Å². The number of rotatable bonds is 9. The van der Waals surface area contributed by atoms with Crippen LogP contribution in [0.3, 0.4) is 0 Å². The molecule has 0 unspecified atom stereocenters. The van der Waals surface area contributed by atoms with E-state index in [1.54, 1.807) is 18.2 Å². The number of halogens is 1. The molecule has 0 bridgehead atoms. The van der Waals surface area contributed by atoms with Crippen molar-refractivity contribution >= 4 is 40.6 Å². The second-order valence-corrected chi connectivity index (χ2v) is 6.43. The average molecular weight is 453 g/mol. The smallest absolute Gasteiger partial charge is 0.251 e. The van der Waals surface area contributed by atoms with Crippen molar-refractivity contribution in [2.45, 2.75) is 25.7 Å². The number of nitrogens with zero attached hydrogens (tertiary/aromatic N) is 1. The van der Waals surface area contributed by atoms with Gasteiger partial charge in [-0.3, -0.25) is 9.59 Å². The summed E-state index contributed by atoms with van der Waals surface area (Å²) in [5.74, 6) is 0.393. The van der Waals surface area contributed by atoms with Crippen LogP contribution in [0, 0.1) is 3.77 Å². The van der Waals surface area contributed by atoms with E-state index in [9.17, 15) is 9.59 Å². The first-order valence-corrected chi connectivity index (χ1v) is 9.13. The van der Waals surface area contributed by atoms with Gasteiger partial charge in [0.25, 0.3) is 5.91 Å². The van der Waals surface area contributed by atoms with Crippen LogP contribution in [0.4, 0.5) is 0 Å². The van der Waals surface area contributed by atoms with E-state index in [0.717, 1.165) is 23.0 Å². The van der Waals surface area contributed by atoms with Gasteiger partial charge >= 0.3 is 0 Å². The maximum atomic E-state index is 11.8. The van der Waals surface area contributed by atoms with Gasteiger partial charge in [-0.05, 0) is 59.7 Å². The number of amides is 2. The maximum absolute atomic E-state index is 11.8. The highest BCUT2D eigenvalue weighted by Gasteiger charge is 2.03. The molecule has 0 aliphatic heterocycles. The van der Waals surface area contributed by atoms with E-state index in [4.69, 9.17) is 4.42 Å². The number of carbonyl (C=O) groups is 2. The molecule has 0 aliphatic rings. The molecule has 1 aromatic carbocycles. The lowest BCUT2D eigenvalue weighted by Crippen LogP contribution is -2.24. The van der Waals surface area contributed by atoms with Gasteiger partial charge in [0.2, 0.25) is 5.91 Å². The van der Waals surface area contributed by atoms with E-state index in [1.165, 1.54) is 6.21 Å². The topological polar surface area (TPSA) is 83.7 Å². The highest BCUT2D eigenvalue weighted by Crippen LogP contribution is 2.07. The Balaban J connectivity index is 1.52. The maximum Gasteiger partial charge on any atom is 0.251 e. The highest BCUT2D eigenvalue weighted by atomic mass is 127. The third kappa shape index (κ3) is 7.51. The van der Waals surface area contributed by atoms with Crippen molar-refractivity contribution in [1.82, 2.24) is 10.7 Å². The first-order valence-electron chi connectivity index (χ1n) is 8.05. The van der Waals surface area contributed by atoms with Gasteiger partial charge in [-0.1, -0.05) is 24.6 Å². The predicted octanol–water partition coefficient (Wildman–Crippen LogP) is 3.32. The summed E-state index contributed by atoms with van der Waals surface area (Å²) in [5, 5.41) is 6.72. The Kier molecular flexibility index (Phi) is 8.17. The Bertz CT molecular complexity index is 713. The summed E-state index contributed by atoms with van der Waals surface area (Å²) in [6, 6.07) is 12.7. The monoisotopic (exact) mass is 453 g/mol. The molecular weight excluding hydrogens is 433 g/mol. The number of carbonyl (C=O) groups excluding carboxylic acids is 2. The van der Waals surface area contributed by atoms with E-state index < -0.39 is 0 Å². The first kappa shape index (κ1) is 19.2. The van der Waals surface area contributed by atoms with E-state index in [2.05, 4.69) is 38.4 Å². The van der Waals surface area contributed by atoms with Gasteiger partial charge in [0.1, 0.15) is 5.76 Å². The molecule has 2 amide bonds. The van der Waals surface area contributed by atoms with Crippen molar-refractivity contribution in [2.24, 2.45) is 5.10 Å². The van der Waals surface area contributed by atoms with Gasteiger partial charge in [-0.25, -0.2) is 5.43 Å². The largest absolute Gasteiger partial charge is 0.449 e. The van der Waals surface area contributed by atoms with Crippen LogP contribution < -0.4 is 10.7 Å². The molecule has 7 heteroatoms. The fraction of sp³-hybridized carbons (Fsp3) is 0.278. The van der Waals surface area contributed by atoms with Crippen molar-refractivity contribution in [1.29, 1.82) is 0 Å². The number of furan rings is 1. The fourth-order valence-corrected chi connectivity index (χ4v) is 2.54. The Morgan fingerprint density at radius 2 is 1.88 bits per heavy atom. The Morgan fingerprint density at radius 3 is 2.60 bits per heavy atom. The molecule has 1 aromatic heterocycles. The summed E-state index contributed by atoms with van der Waals surface area (Å²) < 4.78 is 6.06. The molecule has 6 nitrogen and oxygen atoms in total. The Hall–Kier alpha value is -2.16. The number of hydrazone groups is 1. The van der Waals surface area contributed by atoms with E-state index in [1.807, 2.05) is 24.3 Å². The molecule has 0 radical (unpaired) electrons. The summed E-state index contributed by atoms with van der Waals surface area (Å²) in [4.78, 5) is 23.5. The summed E-state index contributed by atoms with van der Waals surface area (Å²) in [7, 11) is 0. The lowest BCUT2D eigenvalue weighted by molar-refractivity contribution is -0.121. The van der Waals surface area contributed by atoms with Crippen LogP contribution in [-0.4, -0.2) is 24.6 Å². The van der Waals surface area contributed by atoms with Crippen LogP contribution in [-0.2, 0) is 4.79 Å². The normalized spacial score (nSPS) is 10.8. The van der Waals surface area contributed by atoms with E-state index in [0.29, 0.717) is 24.3 Å². The highest BCUT2D eigenvalue weighted by molar-refractivity contribution is 14.1. The van der Waals surface area contributed by atoms with Crippen LogP contribution in [0.25, 0.3) is 0 Å². The molecule has 25 heavy (non-hydrogen) atoms. The number of unbranched alkanes of at least 4 members (excludes halogenated alkanes) is 2. The molecule has 0 aliphatic carbocycles. The molecule has 2 aromatic rings. The Morgan fingerprint density at radius 1 is 1.08 bits per heavy atom. The third-order valence-corrected chi connectivity index (χ3v) is 3.96. The number of hydrogen-bond donors (Lipinski definition) is 2. The molecular formula is C18H20IN3O3. The summed E-state index contributed by atoms with van der Waals surface area (Å²) in [5.41, 5.74) is 3.13. The number of hydrogen-bond acceptors (Lipinski definition) is 4. The van der Waals surface area contributed by atoms with Crippen LogP contribution >= 0.6 is 22.6 Å². The molecule has 0 saturated heterocycles. The molecule has 0 saturated carbocycles. The second-order valence-electron chi connectivity index (χ2n) is 5.37. The second kappa shape index (κ2) is 10.7. The third-order valence-electron chi connectivity index (χ3n) is 3.38. The summed E-state index contributed by atoms with van der Waals surface area (Å²) in [6.45, 7) is 0.602. The molecule has 2 N–H and O–H groups in total. The quantitative estimate of drug-likeness (QED) is 0.265. The molecule has 0 fully saturated rings. The van der Waals surface area contributed by atoms with Crippen molar-refractivity contribution < 1.29 is 14.0 Å². The molecule has 1 heterocycles. The van der Waals surface area contributed by atoms with Gasteiger partial charge in [0.15, 0.2) is 3.77 Å². The molecule has 0 atom stereocenters. The first-order chi connectivity index (χ1) is 12.1. The minimum Gasteiger partial charge on any atom is -0.449 e. The van der Waals surface area contributed by atoms with Crippen molar-refractivity contribution in [3.63, 3.8) is 0 Å². The molecule has 2 rings (SSSR count). The number of benzene rings is 1. The SMILES string of the molecule is O=C(CCCCCNC(=O)c1ccccc1)NN=Cc1ccc(I)o1. The van der Waals surface area contributed by atoms with Crippen LogP contribution in [0.15, 0.2) is 52.0 Å². The standard InChI is InChI=1S/C18H20IN3O3/c19-16-11-10-15(25-16)13-21-22-17(23)9-5-2-6-12-20-18(24)14-7-3-1-4-8-14/h1,3-4,7-8,10-11,13H,2,5-6,9,12H2,(H,20,24)(H,22,23). The zero-order valence-electron chi connectivity index (χ0n) is 13.7. The summed E-state index contributed by atoms with van der Waals surface area (Å²) in [6.07, 6.45) is 4.32. The van der Waals surface area contributed by atoms with Gasteiger partial charge in [0.05, 0.1) is 6.21 Å². The van der Waals surface area contributed by atoms with Gasteiger partial charge in [-0.15, -0.1) is 0 Å². The summed E-state index contributed by atoms with van der Waals surface area (Å²) >= 11 is 2.06. The average Bonchev–Trinajstić information content (AvgIpc) is 3.03. The number of nitrogens with one attached hydrogen (secondary N) is 2. The zero-order valence-corrected chi connectivity index (χ0v) is 15.9.